The Morgan fingerprint density at radius 3 is 2.54 bits per heavy atom. The molecule has 0 saturated carbocycles. The van der Waals surface area contributed by atoms with Crippen LogP contribution in [0.2, 0.25) is 0 Å². The van der Waals surface area contributed by atoms with Crippen molar-refractivity contribution in [3.8, 4) is 0 Å². The van der Waals surface area contributed by atoms with E-state index in [0.29, 0.717) is 24.8 Å². The average Bonchev–Trinajstić information content (AvgIpc) is 3.30. The zero-order valence-corrected chi connectivity index (χ0v) is 17.0. The molecule has 1 aromatic heterocycles. The Balaban J connectivity index is 1.55. The lowest BCUT2D eigenvalue weighted by Gasteiger charge is -2.30. The highest BCUT2D eigenvalue weighted by molar-refractivity contribution is 5.80. The van der Waals surface area contributed by atoms with E-state index >= 15 is 0 Å². The lowest BCUT2D eigenvalue weighted by molar-refractivity contribution is -0.131. The summed E-state index contributed by atoms with van der Waals surface area (Å²) in [7, 11) is 0. The first-order valence-corrected chi connectivity index (χ1v) is 9.97. The van der Waals surface area contributed by atoms with Gasteiger partial charge in [0, 0.05) is 49.7 Å². The molecular formula is C22H28N4O2. The van der Waals surface area contributed by atoms with Crippen LogP contribution in [0.3, 0.4) is 0 Å². The summed E-state index contributed by atoms with van der Waals surface area (Å²) in [6.07, 6.45) is 0.388. The molecule has 4 rings (SSSR count). The van der Waals surface area contributed by atoms with Gasteiger partial charge in [-0.15, -0.1) is 0 Å². The quantitative estimate of drug-likeness (QED) is 0.890. The van der Waals surface area contributed by atoms with Crippen LogP contribution in [0, 0.1) is 32.6 Å². The maximum Gasteiger partial charge on any atom is 0.227 e. The van der Waals surface area contributed by atoms with Gasteiger partial charge in [-0.2, -0.15) is 5.10 Å². The number of aromatic nitrogens is 2. The molecule has 148 valence electrons. The zero-order chi connectivity index (χ0) is 20.0. The Morgan fingerprint density at radius 1 is 1.14 bits per heavy atom. The van der Waals surface area contributed by atoms with Gasteiger partial charge in [-0.25, -0.2) is 0 Å². The van der Waals surface area contributed by atoms with E-state index in [0.717, 1.165) is 30.0 Å². The lowest BCUT2D eigenvalue weighted by atomic mass is 9.87. The summed E-state index contributed by atoms with van der Waals surface area (Å²) in [5.41, 5.74) is 5.27. The number of carbonyl (C=O) groups excluding carboxylic acids is 2. The van der Waals surface area contributed by atoms with Crippen molar-refractivity contribution in [2.45, 2.75) is 40.2 Å². The van der Waals surface area contributed by atoms with Gasteiger partial charge in [0.2, 0.25) is 11.8 Å². The molecule has 1 N–H and O–H groups in total. The maximum atomic E-state index is 13.0. The summed E-state index contributed by atoms with van der Waals surface area (Å²) < 4.78 is 0. The first-order chi connectivity index (χ1) is 13.4. The summed E-state index contributed by atoms with van der Waals surface area (Å²) in [5, 5.41) is 7.16. The zero-order valence-electron chi connectivity index (χ0n) is 17.0. The third kappa shape index (κ3) is 3.11. The van der Waals surface area contributed by atoms with Crippen molar-refractivity contribution in [2.24, 2.45) is 11.8 Å². The van der Waals surface area contributed by atoms with Crippen LogP contribution in [0.5, 0.6) is 0 Å². The van der Waals surface area contributed by atoms with Crippen LogP contribution in [0.25, 0.3) is 0 Å². The van der Waals surface area contributed by atoms with Gasteiger partial charge >= 0.3 is 0 Å². The highest BCUT2D eigenvalue weighted by Crippen LogP contribution is 2.45. The molecule has 0 unspecified atom stereocenters. The molecule has 6 nitrogen and oxygen atoms in total. The Kier molecular flexibility index (Phi) is 4.73. The monoisotopic (exact) mass is 380 g/mol. The molecular weight excluding hydrogens is 352 g/mol. The number of likely N-dealkylation sites (tertiary alicyclic amines) is 2. The van der Waals surface area contributed by atoms with Crippen LogP contribution in [0.15, 0.2) is 24.3 Å². The van der Waals surface area contributed by atoms with E-state index in [-0.39, 0.29) is 17.9 Å². The highest BCUT2D eigenvalue weighted by Gasteiger charge is 2.49. The van der Waals surface area contributed by atoms with E-state index in [1.54, 1.807) is 6.92 Å². The molecule has 2 aliphatic heterocycles. The molecule has 6 heteroatoms. The number of benzene rings is 1. The minimum Gasteiger partial charge on any atom is -0.342 e. The molecule has 2 amide bonds. The molecule has 3 atom stereocenters. The van der Waals surface area contributed by atoms with Gasteiger partial charge in [-0.1, -0.05) is 24.3 Å². The van der Waals surface area contributed by atoms with Crippen molar-refractivity contribution in [3.63, 3.8) is 0 Å². The van der Waals surface area contributed by atoms with Gasteiger partial charge in [-0.3, -0.25) is 14.7 Å². The number of nitrogens with one attached hydrogen (secondary N) is 1. The molecule has 1 aromatic carbocycles. The molecule has 0 spiro atoms. The van der Waals surface area contributed by atoms with Gasteiger partial charge in [0.1, 0.15) is 0 Å². The minimum absolute atomic E-state index is 0.0545. The summed E-state index contributed by atoms with van der Waals surface area (Å²) in [4.78, 5) is 29.3. The van der Waals surface area contributed by atoms with Crippen LogP contribution in [0.4, 0.5) is 0 Å². The first kappa shape index (κ1) is 18.7. The van der Waals surface area contributed by atoms with Gasteiger partial charge in [-0.05, 0) is 31.9 Å². The van der Waals surface area contributed by atoms with E-state index < -0.39 is 0 Å². The number of H-pyrrole nitrogens is 1. The summed E-state index contributed by atoms with van der Waals surface area (Å²) in [6.45, 7) is 9.81. The summed E-state index contributed by atoms with van der Waals surface area (Å²) >= 11 is 0. The topological polar surface area (TPSA) is 69.3 Å². The maximum absolute atomic E-state index is 13.0. The Bertz CT molecular complexity index is 900. The number of fused-ring (bicyclic) bond motifs is 1. The summed E-state index contributed by atoms with van der Waals surface area (Å²) in [5.74, 6) is 0.898. The number of carbonyl (C=O) groups is 2. The van der Waals surface area contributed by atoms with Gasteiger partial charge in [0.05, 0.1) is 18.2 Å². The Labute approximate surface area is 165 Å². The predicted octanol–water partition coefficient (Wildman–Crippen LogP) is 2.56. The van der Waals surface area contributed by atoms with Crippen LogP contribution in [0.1, 0.15) is 41.0 Å². The number of rotatable bonds is 3. The number of hydrogen-bond donors (Lipinski definition) is 1. The smallest absolute Gasteiger partial charge is 0.227 e. The van der Waals surface area contributed by atoms with Crippen LogP contribution in [-0.4, -0.2) is 51.4 Å². The fourth-order valence-corrected chi connectivity index (χ4v) is 4.99. The van der Waals surface area contributed by atoms with Gasteiger partial charge in [0.25, 0.3) is 0 Å². The summed E-state index contributed by atoms with van der Waals surface area (Å²) in [6, 6.07) is 8.35. The molecule has 0 aliphatic carbocycles. The second-order valence-corrected chi connectivity index (χ2v) is 8.28. The number of aryl methyl sites for hydroxylation is 3. The third-order valence-electron chi connectivity index (χ3n) is 6.54. The third-order valence-corrected chi connectivity index (χ3v) is 6.54. The molecule has 3 heterocycles. The highest BCUT2D eigenvalue weighted by atomic mass is 16.2. The number of amides is 2. The number of nitrogens with zero attached hydrogens (tertiary/aromatic N) is 3. The van der Waals surface area contributed by atoms with Gasteiger partial charge < -0.3 is 9.80 Å². The SMILES string of the molecule is CC(=O)N1C[C@H]2CN(C(=O)Cc3c(C)n[nH]c3C)C[C@H]2[C@H]1c1ccccc1C. The molecule has 2 saturated heterocycles. The molecule has 2 aliphatic rings. The Morgan fingerprint density at radius 2 is 1.89 bits per heavy atom. The van der Waals surface area contributed by atoms with E-state index in [4.69, 9.17) is 0 Å². The normalized spacial score (nSPS) is 23.9. The van der Waals surface area contributed by atoms with Gasteiger partial charge in [0.15, 0.2) is 0 Å². The first-order valence-electron chi connectivity index (χ1n) is 9.97. The molecule has 0 radical (unpaired) electrons. The van der Waals surface area contributed by atoms with Crippen LogP contribution in [-0.2, 0) is 16.0 Å². The van der Waals surface area contributed by atoms with Crippen LogP contribution >= 0.6 is 0 Å². The fraction of sp³-hybridized carbons (Fsp3) is 0.500. The average molecular weight is 380 g/mol. The van der Waals surface area contributed by atoms with Crippen molar-refractivity contribution in [1.82, 2.24) is 20.0 Å². The fourth-order valence-electron chi connectivity index (χ4n) is 4.99. The van der Waals surface area contributed by atoms with Crippen molar-refractivity contribution in [2.75, 3.05) is 19.6 Å². The molecule has 2 aromatic rings. The van der Waals surface area contributed by atoms with E-state index in [1.807, 2.05) is 35.8 Å². The second kappa shape index (κ2) is 7.08. The Hall–Kier alpha value is -2.63. The van der Waals surface area contributed by atoms with Crippen molar-refractivity contribution in [1.29, 1.82) is 0 Å². The number of aromatic amines is 1. The molecule has 0 bridgehead atoms. The number of hydrogen-bond acceptors (Lipinski definition) is 3. The van der Waals surface area contributed by atoms with Crippen molar-refractivity contribution in [3.05, 3.63) is 52.3 Å². The molecule has 2 fully saturated rings. The van der Waals surface area contributed by atoms with Crippen molar-refractivity contribution >= 4 is 11.8 Å². The van der Waals surface area contributed by atoms with Crippen molar-refractivity contribution < 1.29 is 9.59 Å². The van der Waals surface area contributed by atoms with E-state index in [1.165, 1.54) is 11.1 Å². The largest absolute Gasteiger partial charge is 0.342 e. The predicted molar refractivity (Wildman–Crippen MR) is 107 cm³/mol. The standard InChI is InChI=1S/C22H28N4O2/c1-13-7-5-6-8-18(13)22-20-12-25(10-17(20)11-26(22)16(4)27)21(28)9-19-14(2)23-24-15(19)3/h5-8,17,20,22H,9-12H2,1-4H3,(H,23,24)/t17-,20-,22-/m1/s1. The van der Waals surface area contributed by atoms with Crippen LogP contribution < -0.4 is 0 Å². The second-order valence-electron chi connectivity index (χ2n) is 8.28. The lowest BCUT2D eigenvalue weighted by Crippen LogP contribution is -2.37. The van der Waals surface area contributed by atoms with E-state index in [2.05, 4.69) is 29.3 Å². The molecule has 28 heavy (non-hydrogen) atoms. The minimum atomic E-state index is 0.0545. The van der Waals surface area contributed by atoms with E-state index in [9.17, 15) is 9.59 Å².